The van der Waals surface area contributed by atoms with Gasteiger partial charge < -0.3 is 20.7 Å². The van der Waals surface area contributed by atoms with E-state index in [-0.39, 0.29) is 17.7 Å². The van der Waals surface area contributed by atoms with Gasteiger partial charge >= 0.3 is 0 Å². The summed E-state index contributed by atoms with van der Waals surface area (Å²) in [6, 6.07) is 5.13. The molecule has 102 valence electrons. The first-order valence-electron chi connectivity index (χ1n) is 6.07. The second kappa shape index (κ2) is 5.71. The number of amides is 2. The van der Waals surface area contributed by atoms with E-state index in [0.717, 1.165) is 0 Å². The summed E-state index contributed by atoms with van der Waals surface area (Å²) in [7, 11) is 1.52. The van der Waals surface area contributed by atoms with Crippen LogP contribution in [0.15, 0.2) is 18.2 Å². The molecule has 6 heteroatoms. The third-order valence-electron chi connectivity index (χ3n) is 2.93. The molecule has 1 heterocycles. The summed E-state index contributed by atoms with van der Waals surface area (Å²) in [4.78, 5) is 22.8. The number of carbonyl (C=O) groups is 2. The van der Waals surface area contributed by atoms with Crippen LogP contribution in [0.1, 0.15) is 6.92 Å². The third kappa shape index (κ3) is 3.23. The molecule has 0 aromatic heterocycles. The molecule has 1 aromatic carbocycles. The smallest absolute Gasteiger partial charge is 0.230 e. The molecule has 0 unspecified atom stereocenters. The summed E-state index contributed by atoms with van der Waals surface area (Å²) >= 11 is 0. The first kappa shape index (κ1) is 13.4. The number of methoxy groups -OCH3 is 1. The van der Waals surface area contributed by atoms with Crippen molar-refractivity contribution >= 4 is 23.2 Å². The van der Waals surface area contributed by atoms with Gasteiger partial charge in [-0.2, -0.15) is 0 Å². The summed E-state index contributed by atoms with van der Waals surface area (Å²) in [5, 5.41) is 8.54. The molecule has 2 rings (SSSR count). The lowest BCUT2D eigenvalue weighted by Crippen LogP contribution is -2.48. The largest absolute Gasteiger partial charge is 0.494 e. The molecule has 1 fully saturated rings. The highest BCUT2D eigenvalue weighted by Gasteiger charge is 2.24. The van der Waals surface area contributed by atoms with Crippen molar-refractivity contribution in [3.05, 3.63) is 18.2 Å². The molecule has 0 atom stereocenters. The summed E-state index contributed by atoms with van der Waals surface area (Å²) in [6.07, 6.45) is 0. The van der Waals surface area contributed by atoms with Crippen LogP contribution >= 0.6 is 0 Å². The molecule has 0 saturated carbocycles. The molecule has 6 nitrogen and oxygen atoms in total. The van der Waals surface area contributed by atoms with Crippen LogP contribution in [-0.2, 0) is 9.59 Å². The van der Waals surface area contributed by atoms with Crippen LogP contribution in [0, 0.1) is 5.92 Å². The normalized spacial score (nSPS) is 14.4. The molecule has 0 spiro atoms. The number of anilines is 2. The van der Waals surface area contributed by atoms with Gasteiger partial charge in [0, 0.05) is 31.8 Å². The van der Waals surface area contributed by atoms with Crippen molar-refractivity contribution in [3.8, 4) is 5.75 Å². The molecule has 0 bridgehead atoms. The third-order valence-corrected chi connectivity index (χ3v) is 2.93. The fourth-order valence-electron chi connectivity index (χ4n) is 1.78. The van der Waals surface area contributed by atoms with Crippen molar-refractivity contribution in [2.75, 3.05) is 30.8 Å². The molecule has 19 heavy (non-hydrogen) atoms. The van der Waals surface area contributed by atoms with Gasteiger partial charge in [0.15, 0.2) is 0 Å². The number of ether oxygens (including phenoxy) is 1. The highest BCUT2D eigenvalue weighted by molar-refractivity contribution is 5.95. The molecule has 0 aliphatic carbocycles. The minimum atomic E-state index is -0.171. The van der Waals surface area contributed by atoms with E-state index in [9.17, 15) is 9.59 Å². The Balaban J connectivity index is 2.09. The van der Waals surface area contributed by atoms with Gasteiger partial charge in [-0.15, -0.1) is 0 Å². The van der Waals surface area contributed by atoms with Crippen molar-refractivity contribution < 1.29 is 14.3 Å². The minimum absolute atomic E-state index is 0.00641. The van der Waals surface area contributed by atoms with Crippen LogP contribution < -0.4 is 20.7 Å². The number of hydrogen-bond donors (Lipinski definition) is 3. The number of carbonyl (C=O) groups excluding carboxylic acids is 2. The topological polar surface area (TPSA) is 79.5 Å². The molecule has 2 amide bonds. The zero-order valence-corrected chi connectivity index (χ0v) is 10.9. The van der Waals surface area contributed by atoms with Gasteiger partial charge in [0.05, 0.1) is 18.7 Å². The van der Waals surface area contributed by atoms with Gasteiger partial charge in [0.2, 0.25) is 11.8 Å². The van der Waals surface area contributed by atoms with Gasteiger partial charge in [0.25, 0.3) is 0 Å². The van der Waals surface area contributed by atoms with E-state index in [2.05, 4.69) is 16.0 Å². The monoisotopic (exact) mass is 263 g/mol. The van der Waals surface area contributed by atoms with Crippen LogP contribution in [-0.4, -0.2) is 32.0 Å². The number of hydrogen-bond acceptors (Lipinski definition) is 4. The second-order valence-corrected chi connectivity index (χ2v) is 4.44. The van der Waals surface area contributed by atoms with Crippen molar-refractivity contribution in [2.24, 2.45) is 5.92 Å². The Bertz CT molecular complexity index is 498. The lowest BCUT2D eigenvalue weighted by atomic mass is 10.0. The molecule has 1 saturated heterocycles. The Morgan fingerprint density at radius 1 is 1.32 bits per heavy atom. The summed E-state index contributed by atoms with van der Waals surface area (Å²) in [5.41, 5.74) is 1.24. The predicted molar refractivity (Wildman–Crippen MR) is 72.3 cm³/mol. The molecule has 1 aromatic rings. The summed E-state index contributed by atoms with van der Waals surface area (Å²) in [5.74, 6) is 0.365. The van der Waals surface area contributed by atoms with Crippen molar-refractivity contribution in [3.63, 3.8) is 0 Å². The average Bonchev–Trinajstić information content (AvgIpc) is 2.28. The maximum atomic E-state index is 11.8. The SMILES string of the molecule is COc1cc(NC(=O)C2CNC2)ccc1NC(C)=O. The van der Waals surface area contributed by atoms with Crippen LogP contribution in [0.5, 0.6) is 5.75 Å². The maximum absolute atomic E-state index is 11.8. The number of nitrogens with one attached hydrogen (secondary N) is 3. The van der Waals surface area contributed by atoms with E-state index >= 15 is 0 Å². The van der Waals surface area contributed by atoms with E-state index < -0.39 is 0 Å². The fraction of sp³-hybridized carbons (Fsp3) is 0.385. The van der Waals surface area contributed by atoms with E-state index in [0.29, 0.717) is 30.2 Å². The lowest BCUT2D eigenvalue weighted by molar-refractivity contribution is -0.121. The Morgan fingerprint density at radius 3 is 2.58 bits per heavy atom. The van der Waals surface area contributed by atoms with Gasteiger partial charge in [-0.1, -0.05) is 0 Å². The van der Waals surface area contributed by atoms with E-state index in [1.165, 1.54) is 14.0 Å². The Kier molecular flexibility index (Phi) is 4.01. The van der Waals surface area contributed by atoms with Gasteiger partial charge in [-0.05, 0) is 12.1 Å². The molecule has 1 aliphatic rings. The van der Waals surface area contributed by atoms with E-state index in [4.69, 9.17) is 4.74 Å². The Morgan fingerprint density at radius 2 is 2.05 bits per heavy atom. The Labute approximate surface area is 111 Å². The zero-order chi connectivity index (χ0) is 13.8. The molecule has 0 radical (unpaired) electrons. The zero-order valence-electron chi connectivity index (χ0n) is 10.9. The van der Waals surface area contributed by atoms with Crippen LogP contribution in [0.25, 0.3) is 0 Å². The number of benzene rings is 1. The second-order valence-electron chi connectivity index (χ2n) is 4.44. The van der Waals surface area contributed by atoms with Crippen LogP contribution in [0.3, 0.4) is 0 Å². The highest BCUT2D eigenvalue weighted by Crippen LogP contribution is 2.28. The van der Waals surface area contributed by atoms with Crippen molar-refractivity contribution in [1.82, 2.24) is 5.32 Å². The number of rotatable bonds is 4. The first-order chi connectivity index (χ1) is 9.10. The van der Waals surface area contributed by atoms with Gasteiger partial charge in [-0.3, -0.25) is 9.59 Å². The van der Waals surface area contributed by atoms with Crippen LogP contribution in [0.4, 0.5) is 11.4 Å². The summed E-state index contributed by atoms with van der Waals surface area (Å²) in [6.45, 7) is 2.86. The maximum Gasteiger partial charge on any atom is 0.230 e. The summed E-state index contributed by atoms with van der Waals surface area (Å²) < 4.78 is 5.19. The lowest BCUT2D eigenvalue weighted by Gasteiger charge is -2.25. The van der Waals surface area contributed by atoms with Gasteiger partial charge in [-0.25, -0.2) is 0 Å². The molecule has 3 N–H and O–H groups in total. The standard InChI is InChI=1S/C13H17N3O3/c1-8(17)15-11-4-3-10(5-12(11)19-2)16-13(18)9-6-14-7-9/h3-5,9,14H,6-7H2,1-2H3,(H,15,17)(H,16,18). The molecular formula is C13H17N3O3. The van der Waals surface area contributed by atoms with E-state index in [1.807, 2.05) is 0 Å². The van der Waals surface area contributed by atoms with Crippen molar-refractivity contribution in [1.29, 1.82) is 0 Å². The van der Waals surface area contributed by atoms with Gasteiger partial charge in [0.1, 0.15) is 5.75 Å². The fourth-order valence-corrected chi connectivity index (χ4v) is 1.78. The Hall–Kier alpha value is -2.08. The van der Waals surface area contributed by atoms with Crippen molar-refractivity contribution in [2.45, 2.75) is 6.92 Å². The molecular weight excluding hydrogens is 246 g/mol. The minimum Gasteiger partial charge on any atom is -0.494 e. The quantitative estimate of drug-likeness (QED) is 0.751. The molecule has 1 aliphatic heterocycles. The predicted octanol–water partition coefficient (Wildman–Crippen LogP) is 0.811. The van der Waals surface area contributed by atoms with E-state index in [1.54, 1.807) is 18.2 Å². The highest BCUT2D eigenvalue weighted by atomic mass is 16.5. The average molecular weight is 263 g/mol. The first-order valence-corrected chi connectivity index (χ1v) is 6.07. The van der Waals surface area contributed by atoms with Crippen LogP contribution in [0.2, 0.25) is 0 Å².